The molecule has 0 aliphatic rings. The maximum Gasteiger partial charge on any atom is 0.162 e. The molecule has 1 aromatic carbocycles. The van der Waals surface area contributed by atoms with Crippen LogP contribution in [0.15, 0.2) is 12.1 Å². The van der Waals surface area contributed by atoms with E-state index in [9.17, 15) is 0 Å². The van der Waals surface area contributed by atoms with E-state index in [0.29, 0.717) is 29.1 Å². The Bertz CT molecular complexity index is 417. The van der Waals surface area contributed by atoms with Crippen molar-refractivity contribution in [1.82, 2.24) is 0 Å². The predicted molar refractivity (Wildman–Crippen MR) is 81.3 cm³/mol. The smallest absolute Gasteiger partial charge is 0.162 e. The van der Waals surface area contributed by atoms with Gasteiger partial charge in [-0.2, -0.15) is 0 Å². The van der Waals surface area contributed by atoms with Gasteiger partial charge in [0.1, 0.15) is 0 Å². The molecule has 0 aromatic heterocycles. The minimum atomic E-state index is 0.378. The quantitative estimate of drug-likeness (QED) is 0.803. The number of hydrogen-bond donors (Lipinski definition) is 1. The van der Waals surface area contributed by atoms with Gasteiger partial charge in [0, 0.05) is 24.7 Å². The van der Waals surface area contributed by atoms with Gasteiger partial charge in [0.2, 0.25) is 0 Å². The number of rotatable bonds is 6. The first-order valence-corrected chi connectivity index (χ1v) is 6.68. The molecule has 2 N–H and O–H groups in total. The summed E-state index contributed by atoms with van der Waals surface area (Å²) >= 11 is 0. The van der Waals surface area contributed by atoms with Gasteiger partial charge in [-0.05, 0) is 19.8 Å². The van der Waals surface area contributed by atoms with Gasteiger partial charge in [0.15, 0.2) is 11.5 Å². The van der Waals surface area contributed by atoms with Gasteiger partial charge >= 0.3 is 0 Å². The number of methoxy groups -OCH3 is 2. The van der Waals surface area contributed by atoms with Crippen molar-refractivity contribution in [3.05, 3.63) is 12.1 Å². The summed E-state index contributed by atoms with van der Waals surface area (Å²) in [5.41, 5.74) is 7.87. The molecule has 0 aliphatic heterocycles. The van der Waals surface area contributed by atoms with E-state index in [0.717, 1.165) is 12.2 Å². The van der Waals surface area contributed by atoms with Crippen LogP contribution in [0, 0.1) is 5.92 Å². The molecule has 0 radical (unpaired) electrons. The molecule has 4 heteroatoms. The summed E-state index contributed by atoms with van der Waals surface area (Å²) in [6, 6.07) is 4.16. The van der Waals surface area contributed by atoms with E-state index < -0.39 is 0 Å². The Balaban J connectivity index is 3.22. The zero-order valence-corrected chi connectivity index (χ0v) is 12.9. The van der Waals surface area contributed by atoms with Crippen LogP contribution in [0.5, 0.6) is 11.5 Å². The number of nitrogen functional groups attached to an aromatic ring is 1. The average Bonchev–Trinajstić information content (AvgIpc) is 2.35. The van der Waals surface area contributed by atoms with Crippen LogP contribution in [0.4, 0.5) is 11.4 Å². The predicted octanol–water partition coefficient (Wildman–Crippen LogP) is 3.16. The van der Waals surface area contributed by atoms with Gasteiger partial charge in [0.05, 0.1) is 25.6 Å². The van der Waals surface area contributed by atoms with E-state index in [1.165, 1.54) is 0 Å². The van der Waals surface area contributed by atoms with Crippen molar-refractivity contribution in [2.45, 2.75) is 33.7 Å². The van der Waals surface area contributed by atoms with Crippen molar-refractivity contribution in [2.24, 2.45) is 5.92 Å². The molecule has 0 heterocycles. The van der Waals surface area contributed by atoms with E-state index in [-0.39, 0.29) is 0 Å². The molecule has 0 fully saturated rings. The normalized spacial score (nSPS) is 10.9. The van der Waals surface area contributed by atoms with Crippen molar-refractivity contribution in [3.63, 3.8) is 0 Å². The first kappa shape index (κ1) is 15.5. The van der Waals surface area contributed by atoms with Crippen LogP contribution < -0.4 is 20.1 Å². The topological polar surface area (TPSA) is 47.7 Å². The van der Waals surface area contributed by atoms with E-state index >= 15 is 0 Å². The third-order valence-electron chi connectivity index (χ3n) is 3.03. The largest absolute Gasteiger partial charge is 0.493 e. The molecule has 0 saturated carbocycles. The highest BCUT2D eigenvalue weighted by atomic mass is 16.5. The third-order valence-corrected chi connectivity index (χ3v) is 3.03. The summed E-state index contributed by atoms with van der Waals surface area (Å²) in [7, 11) is 3.26. The zero-order valence-electron chi connectivity index (χ0n) is 12.9. The molecular weight excluding hydrogens is 240 g/mol. The van der Waals surface area contributed by atoms with Crippen molar-refractivity contribution in [1.29, 1.82) is 0 Å². The van der Waals surface area contributed by atoms with Gasteiger partial charge in [-0.1, -0.05) is 13.8 Å². The average molecular weight is 266 g/mol. The van der Waals surface area contributed by atoms with Crippen LogP contribution in [-0.4, -0.2) is 26.8 Å². The first-order chi connectivity index (χ1) is 8.90. The highest BCUT2D eigenvalue weighted by Crippen LogP contribution is 2.37. The summed E-state index contributed by atoms with van der Waals surface area (Å²) < 4.78 is 10.6. The molecule has 0 atom stereocenters. The Morgan fingerprint density at radius 2 is 1.58 bits per heavy atom. The number of nitrogens with two attached hydrogens (primary N) is 1. The van der Waals surface area contributed by atoms with Crippen molar-refractivity contribution < 1.29 is 9.47 Å². The molecule has 1 aromatic rings. The fraction of sp³-hybridized carbons (Fsp3) is 0.600. The summed E-state index contributed by atoms with van der Waals surface area (Å²) in [5.74, 6) is 1.94. The van der Waals surface area contributed by atoms with Crippen molar-refractivity contribution >= 4 is 11.4 Å². The monoisotopic (exact) mass is 266 g/mol. The van der Waals surface area contributed by atoms with Crippen LogP contribution in [0.3, 0.4) is 0 Å². The Morgan fingerprint density at radius 1 is 1.05 bits per heavy atom. The highest BCUT2D eigenvalue weighted by Gasteiger charge is 2.18. The summed E-state index contributed by atoms with van der Waals surface area (Å²) in [5, 5.41) is 0. The number of benzene rings is 1. The van der Waals surface area contributed by atoms with Crippen LogP contribution in [0.2, 0.25) is 0 Å². The minimum Gasteiger partial charge on any atom is -0.493 e. The zero-order chi connectivity index (χ0) is 14.6. The first-order valence-electron chi connectivity index (χ1n) is 6.68. The van der Waals surface area contributed by atoms with Crippen molar-refractivity contribution in [3.8, 4) is 11.5 Å². The number of hydrogen-bond acceptors (Lipinski definition) is 4. The maximum absolute atomic E-state index is 6.16. The summed E-state index contributed by atoms with van der Waals surface area (Å²) in [6.07, 6.45) is 0. The molecule has 108 valence electrons. The SMILES string of the molecule is COc1cc(N)c(N(CC(C)C)C(C)C)cc1OC. The molecular formula is C15H26N2O2. The van der Waals surface area contributed by atoms with Gasteiger partial charge in [-0.15, -0.1) is 0 Å². The van der Waals surface area contributed by atoms with Crippen LogP contribution in [0.25, 0.3) is 0 Å². The summed E-state index contributed by atoms with van der Waals surface area (Å²) in [6.45, 7) is 9.69. The van der Waals surface area contributed by atoms with Gasteiger partial charge in [-0.3, -0.25) is 0 Å². The second-order valence-electron chi connectivity index (χ2n) is 5.41. The van der Waals surface area contributed by atoms with E-state index in [4.69, 9.17) is 15.2 Å². The maximum atomic E-state index is 6.16. The van der Waals surface area contributed by atoms with Crippen LogP contribution >= 0.6 is 0 Å². The highest BCUT2D eigenvalue weighted by molar-refractivity contribution is 5.73. The Labute approximate surface area is 116 Å². The second kappa shape index (κ2) is 6.55. The molecule has 0 unspecified atom stereocenters. The number of ether oxygens (including phenoxy) is 2. The van der Waals surface area contributed by atoms with Gasteiger partial charge in [0.25, 0.3) is 0 Å². The van der Waals surface area contributed by atoms with Gasteiger partial charge < -0.3 is 20.1 Å². The standard InChI is InChI=1S/C15H26N2O2/c1-10(2)9-17(11(3)4)13-8-15(19-6)14(18-5)7-12(13)16/h7-8,10-11H,9,16H2,1-6H3. The molecule has 0 spiro atoms. The number of anilines is 2. The molecule has 19 heavy (non-hydrogen) atoms. The lowest BCUT2D eigenvalue weighted by molar-refractivity contribution is 0.355. The van der Waals surface area contributed by atoms with Crippen LogP contribution in [0.1, 0.15) is 27.7 Å². The Hall–Kier alpha value is -1.58. The third kappa shape index (κ3) is 3.69. The van der Waals surface area contributed by atoms with E-state index in [1.807, 2.05) is 12.1 Å². The minimum absolute atomic E-state index is 0.378. The van der Waals surface area contributed by atoms with Crippen LogP contribution in [-0.2, 0) is 0 Å². The fourth-order valence-electron chi connectivity index (χ4n) is 2.11. The fourth-order valence-corrected chi connectivity index (χ4v) is 2.11. The molecule has 1 rings (SSSR count). The molecule has 0 bridgehead atoms. The Kier molecular flexibility index (Phi) is 5.33. The second-order valence-corrected chi connectivity index (χ2v) is 5.41. The van der Waals surface area contributed by atoms with Crippen molar-refractivity contribution in [2.75, 3.05) is 31.4 Å². The van der Waals surface area contributed by atoms with Gasteiger partial charge in [-0.25, -0.2) is 0 Å². The van der Waals surface area contributed by atoms with E-state index in [2.05, 4.69) is 32.6 Å². The Morgan fingerprint density at radius 3 is 2.00 bits per heavy atom. The molecule has 4 nitrogen and oxygen atoms in total. The lowest BCUT2D eigenvalue weighted by Gasteiger charge is -2.32. The molecule has 0 saturated heterocycles. The summed E-state index contributed by atoms with van der Waals surface area (Å²) in [4.78, 5) is 2.29. The van der Waals surface area contributed by atoms with E-state index in [1.54, 1.807) is 14.2 Å². The lowest BCUT2D eigenvalue weighted by atomic mass is 10.1. The lowest BCUT2D eigenvalue weighted by Crippen LogP contribution is -2.34. The number of nitrogens with zero attached hydrogens (tertiary/aromatic N) is 1. The molecule has 0 aliphatic carbocycles. The molecule has 0 amide bonds.